The van der Waals surface area contributed by atoms with Crippen LogP contribution in [0.2, 0.25) is 0 Å². The van der Waals surface area contributed by atoms with Crippen LogP contribution in [0.15, 0.2) is 35.3 Å². The van der Waals surface area contributed by atoms with E-state index in [0.717, 1.165) is 21.7 Å². The fraction of sp³-hybridized carbons (Fsp3) is 0. The number of hydrogen-bond acceptors (Lipinski definition) is 2. The van der Waals surface area contributed by atoms with Gasteiger partial charge in [-0.15, -0.1) is 0 Å². The van der Waals surface area contributed by atoms with Crippen LogP contribution in [0.25, 0.3) is 21.7 Å². The molecule has 12 heavy (non-hydrogen) atoms. The van der Waals surface area contributed by atoms with Crippen LogP contribution in [-0.2, 0) is 0 Å². The molecule has 3 rings (SSSR count). The van der Waals surface area contributed by atoms with Crippen molar-refractivity contribution in [1.82, 2.24) is 10.1 Å². The summed E-state index contributed by atoms with van der Waals surface area (Å²) in [5, 5.41) is 6.17. The lowest BCUT2D eigenvalue weighted by atomic mass is 10.1. The maximum Gasteiger partial charge on any atom is 0.129 e. The minimum absolute atomic E-state index is 1.01. The number of nitrogens with one attached hydrogen (secondary N) is 1. The van der Waals surface area contributed by atoms with Crippen molar-refractivity contribution in [2.24, 2.45) is 0 Å². The zero-order valence-electron chi connectivity index (χ0n) is 6.24. The Balaban J connectivity index is 2.71. The van der Waals surface area contributed by atoms with Gasteiger partial charge in [0.15, 0.2) is 0 Å². The van der Waals surface area contributed by atoms with Crippen LogP contribution in [0.4, 0.5) is 0 Å². The first-order valence-electron chi connectivity index (χ1n) is 3.73. The number of nitrogens with zero attached hydrogens (tertiary/aromatic N) is 1. The Morgan fingerprint density at radius 2 is 2.17 bits per heavy atom. The summed E-state index contributed by atoms with van der Waals surface area (Å²) in [5.41, 5.74) is 1.01. The molecule has 0 unspecified atom stereocenters. The van der Waals surface area contributed by atoms with Crippen molar-refractivity contribution in [1.29, 1.82) is 0 Å². The molecule has 1 aromatic carbocycles. The fourth-order valence-electron chi connectivity index (χ4n) is 1.47. The Labute approximate surface area is 68.0 Å². The van der Waals surface area contributed by atoms with E-state index in [1.165, 1.54) is 0 Å². The second kappa shape index (κ2) is 1.88. The normalized spacial score (nSPS) is 11.3. The summed E-state index contributed by atoms with van der Waals surface area (Å²) in [7, 11) is 0. The molecule has 2 aromatic heterocycles. The average Bonchev–Trinajstić information content (AvgIpc) is 2.71. The predicted octanol–water partition coefficient (Wildman–Crippen LogP) is 2.31. The van der Waals surface area contributed by atoms with Gasteiger partial charge >= 0.3 is 0 Å². The van der Waals surface area contributed by atoms with E-state index in [-0.39, 0.29) is 0 Å². The summed E-state index contributed by atoms with van der Waals surface area (Å²) in [6.07, 6.45) is 5.40. The number of aromatic amines is 1. The van der Waals surface area contributed by atoms with Crippen molar-refractivity contribution < 1.29 is 4.52 Å². The monoisotopic (exact) mass is 158 g/mol. The van der Waals surface area contributed by atoms with Gasteiger partial charge < -0.3 is 4.52 Å². The molecule has 3 nitrogen and oxygen atoms in total. The highest BCUT2D eigenvalue weighted by Gasteiger charge is 2.02. The molecule has 0 amide bonds. The third kappa shape index (κ3) is 0.580. The lowest BCUT2D eigenvalue weighted by Crippen LogP contribution is -1.67. The van der Waals surface area contributed by atoms with Crippen LogP contribution in [-0.4, -0.2) is 10.1 Å². The largest absolute Gasteiger partial charge is 0.389 e. The molecule has 0 bridgehead atoms. The van der Waals surface area contributed by atoms with Gasteiger partial charge in [0.1, 0.15) is 6.26 Å². The predicted molar refractivity (Wildman–Crippen MR) is 45.9 cm³/mol. The quantitative estimate of drug-likeness (QED) is 0.545. The molecule has 2 heterocycles. The molecule has 3 heteroatoms. The molecule has 0 aliphatic rings. The zero-order chi connectivity index (χ0) is 7.97. The Morgan fingerprint density at radius 3 is 3.17 bits per heavy atom. The van der Waals surface area contributed by atoms with Crippen molar-refractivity contribution in [3.05, 3.63) is 30.8 Å². The smallest absolute Gasteiger partial charge is 0.129 e. The molecule has 0 atom stereocenters. The lowest BCUT2D eigenvalue weighted by Gasteiger charge is -1.88. The van der Waals surface area contributed by atoms with Gasteiger partial charge in [0.25, 0.3) is 0 Å². The van der Waals surface area contributed by atoms with E-state index in [0.29, 0.717) is 0 Å². The number of hydrogen-bond donors (Lipinski definition) is 1. The second-order valence-electron chi connectivity index (χ2n) is 2.77. The summed E-state index contributed by atoms with van der Waals surface area (Å²) in [6.45, 7) is 0. The number of rotatable bonds is 0. The van der Waals surface area contributed by atoms with Crippen molar-refractivity contribution in [3.8, 4) is 0 Å². The van der Waals surface area contributed by atoms with Crippen LogP contribution < -0.4 is 0 Å². The Hall–Kier alpha value is -1.77. The molecule has 0 radical (unpaired) electrons. The Morgan fingerprint density at radius 1 is 1.17 bits per heavy atom. The molecule has 0 fully saturated rings. The van der Waals surface area contributed by atoms with Crippen LogP contribution >= 0.6 is 0 Å². The number of fused-ring (bicyclic) bond motifs is 3. The molecular formula is C9H6N2O. The van der Waals surface area contributed by atoms with Crippen molar-refractivity contribution >= 4 is 21.7 Å². The van der Waals surface area contributed by atoms with Crippen molar-refractivity contribution in [2.75, 3.05) is 0 Å². The zero-order valence-corrected chi connectivity index (χ0v) is 6.24. The first kappa shape index (κ1) is 5.83. The van der Waals surface area contributed by atoms with Crippen LogP contribution in [0, 0.1) is 0 Å². The molecule has 0 saturated heterocycles. The van der Waals surface area contributed by atoms with E-state index < -0.39 is 0 Å². The SMILES string of the molecule is c1cc2[nH]occ2c2cncc12. The van der Waals surface area contributed by atoms with Crippen LogP contribution in [0.3, 0.4) is 0 Å². The molecule has 0 aliphatic carbocycles. The fourth-order valence-corrected chi connectivity index (χ4v) is 1.47. The summed E-state index contributed by atoms with van der Waals surface area (Å²) in [6, 6.07) is 4.01. The average molecular weight is 158 g/mol. The summed E-state index contributed by atoms with van der Waals surface area (Å²) < 4.78 is 4.99. The lowest BCUT2D eigenvalue weighted by molar-refractivity contribution is 0.428. The Bertz CT molecular complexity index is 486. The molecule has 1 N–H and O–H groups in total. The second-order valence-corrected chi connectivity index (χ2v) is 2.77. The minimum Gasteiger partial charge on any atom is -0.389 e. The van der Waals surface area contributed by atoms with Gasteiger partial charge in [-0.3, -0.25) is 4.98 Å². The van der Waals surface area contributed by atoms with Gasteiger partial charge in [-0.25, -0.2) is 5.16 Å². The first-order valence-corrected chi connectivity index (χ1v) is 3.73. The first-order chi connectivity index (χ1) is 5.95. The van der Waals surface area contributed by atoms with E-state index in [9.17, 15) is 0 Å². The third-order valence-corrected chi connectivity index (χ3v) is 2.08. The molecule has 0 saturated carbocycles. The van der Waals surface area contributed by atoms with Gasteiger partial charge in [0.2, 0.25) is 0 Å². The van der Waals surface area contributed by atoms with Gasteiger partial charge in [0, 0.05) is 28.6 Å². The standard InChI is InChI=1S/C9H6N2O/c1-2-9-8(5-12-11-9)7-4-10-3-6(1)7/h1-5,11H. The molecule has 0 aliphatic heterocycles. The number of benzene rings is 1. The van der Waals surface area contributed by atoms with E-state index >= 15 is 0 Å². The summed E-state index contributed by atoms with van der Waals surface area (Å²) >= 11 is 0. The molecule has 58 valence electrons. The van der Waals surface area contributed by atoms with E-state index in [2.05, 4.69) is 10.1 Å². The van der Waals surface area contributed by atoms with Gasteiger partial charge in [-0.2, -0.15) is 0 Å². The highest BCUT2D eigenvalue weighted by atomic mass is 16.5. The third-order valence-electron chi connectivity index (χ3n) is 2.08. The summed E-state index contributed by atoms with van der Waals surface area (Å²) in [4.78, 5) is 4.08. The van der Waals surface area contributed by atoms with E-state index in [1.54, 1.807) is 6.26 Å². The van der Waals surface area contributed by atoms with Crippen molar-refractivity contribution in [2.45, 2.75) is 0 Å². The highest BCUT2D eigenvalue weighted by Crippen LogP contribution is 2.23. The van der Waals surface area contributed by atoms with Crippen LogP contribution in [0.1, 0.15) is 0 Å². The maximum absolute atomic E-state index is 4.99. The van der Waals surface area contributed by atoms with Crippen LogP contribution in [0.5, 0.6) is 0 Å². The summed E-state index contributed by atoms with van der Waals surface area (Å²) in [5.74, 6) is 0. The maximum atomic E-state index is 4.99. The topological polar surface area (TPSA) is 41.8 Å². The molecular weight excluding hydrogens is 152 g/mol. The molecule has 3 aromatic rings. The van der Waals surface area contributed by atoms with Crippen molar-refractivity contribution in [3.63, 3.8) is 0 Å². The van der Waals surface area contributed by atoms with E-state index in [1.807, 2.05) is 24.5 Å². The molecule has 0 spiro atoms. The highest BCUT2D eigenvalue weighted by molar-refractivity contribution is 6.05. The number of aromatic nitrogens is 2. The van der Waals surface area contributed by atoms with Gasteiger partial charge in [-0.1, -0.05) is 6.07 Å². The Kier molecular flexibility index (Phi) is 0.913. The van der Waals surface area contributed by atoms with Gasteiger partial charge in [0.05, 0.1) is 5.52 Å². The number of H-pyrrole nitrogens is 1. The van der Waals surface area contributed by atoms with Gasteiger partial charge in [-0.05, 0) is 6.07 Å². The minimum atomic E-state index is 1.01. The van der Waals surface area contributed by atoms with E-state index in [4.69, 9.17) is 4.52 Å².